The summed E-state index contributed by atoms with van der Waals surface area (Å²) in [4.78, 5) is 24.9. The molecule has 0 aliphatic carbocycles. The third-order valence-corrected chi connectivity index (χ3v) is 4.06. The molecule has 0 spiro atoms. The van der Waals surface area contributed by atoms with Crippen molar-refractivity contribution in [2.24, 2.45) is 0 Å². The molecule has 1 aliphatic heterocycles. The molecule has 23 heavy (non-hydrogen) atoms. The molecule has 2 aromatic carbocycles. The Balaban J connectivity index is 1.66. The minimum Gasteiger partial charge on any atom is -0.503 e. The molecule has 0 atom stereocenters. The Hall–Kier alpha value is -2.82. The van der Waals surface area contributed by atoms with Crippen molar-refractivity contribution in [3.8, 4) is 0 Å². The smallest absolute Gasteiger partial charge is 0.289 e. The fourth-order valence-corrected chi connectivity index (χ4v) is 2.80. The first-order chi connectivity index (χ1) is 11.1. The second-order valence-corrected chi connectivity index (χ2v) is 5.63. The Morgan fingerprint density at radius 1 is 1.22 bits per heavy atom. The topological polar surface area (TPSA) is 69.6 Å². The summed E-state index contributed by atoms with van der Waals surface area (Å²) in [7, 11) is 1.55. The number of benzene rings is 2. The Morgan fingerprint density at radius 2 is 1.96 bits per heavy atom. The fraction of sp³-hybridized carbons (Fsp3) is 0.222. The highest BCUT2D eigenvalue weighted by molar-refractivity contribution is 6.06. The minimum atomic E-state index is -0.510. The van der Waals surface area contributed by atoms with Gasteiger partial charge in [0.15, 0.2) is 5.76 Å². The summed E-state index contributed by atoms with van der Waals surface area (Å²) < 4.78 is 0. The Morgan fingerprint density at radius 3 is 2.70 bits per heavy atom. The maximum Gasteiger partial charge on any atom is 0.289 e. The third-order valence-electron chi connectivity index (χ3n) is 4.06. The lowest BCUT2D eigenvalue weighted by molar-refractivity contribution is -0.126. The minimum absolute atomic E-state index is 0.135. The van der Waals surface area contributed by atoms with E-state index in [1.54, 1.807) is 7.05 Å². The first-order valence-corrected chi connectivity index (χ1v) is 7.50. The fourth-order valence-electron chi connectivity index (χ4n) is 2.80. The number of aliphatic hydroxyl groups is 1. The van der Waals surface area contributed by atoms with Crippen LogP contribution in [0.2, 0.25) is 0 Å². The van der Waals surface area contributed by atoms with Crippen molar-refractivity contribution < 1.29 is 14.7 Å². The normalized spacial score (nSPS) is 14.7. The largest absolute Gasteiger partial charge is 0.503 e. The number of rotatable bonds is 4. The molecular formula is C18H18N2O3. The molecule has 1 heterocycles. The number of hydrogen-bond acceptors (Lipinski definition) is 3. The van der Waals surface area contributed by atoms with Crippen LogP contribution in [0.4, 0.5) is 0 Å². The van der Waals surface area contributed by atoms with Gasteiger partial charge in [0.1, 0.15) is 0 Å². The van der Waals surface area contributed by atoms with Crippen LogP contribution in [0.1, 0.15) is 5.56 Å². The summed E-state index contributed by atoms with van der Waals surface area (Å²) in [5, 5.41) is 14.8. The number of likely N-dealkylation sites (N-methyl/N-ethyl adjacent to an activating group) is 1. The van der Waals surface area contributed by atoms with Crippen LogP contribution in [0.15, 0.2) is 53.8 Å². The molecule has 5 heteroatoms. The number of fused-ring (bicyclic) bond motifs is 1. The molecule has 0 radical (unpaired) electrons. The van der Waals surface area contributed by atoms with E-state index in [1.165, 1.54) is 15.7 Å². The van der Waals surface area contributed by atoms with E-state index in [2.05, 4.69) is 23.5 Å². The lowest BCUT2D eigenvalue weighted by atomic mass is 10.0. The number of hydrogen-bond donors (Lipinski definition) is 2. The van der Waals surface area contributed by atoms with Crippen LogP contribution in [-0.2, 0) is 16.0 Å². The van der Waals surface area contributed by atoms with E-state index < -0.39 is 11.7 Å². The van der Waals surface area contributed by atoms with Gasteiger partial charge in [0.05, 0.1) is 12.1 Å². The van der Waals surface area contributed by atoms with Crippen LogP contribution in [0.25, 0.3) is 10.8 Å². The van der Waals surface area contributed by atoms with E-state index in [4.69, 9.17) is 0 Å². The summed E-state index contributed by atoms with van der Waals surface area (Å²) in [6, 6.07) is 14.2. The van der Waals surface area contributed by atoms with E-state index >= 15 is 0 Å². The zero-order valence-electron chi connectivity index (χ0n) is 12.9. The van der Waals surface area contributed by atoms with Gasteiger partial charge in [-0.25, -0.2) is 0 Å². The summed E-state index contributed by atoms with van der Waals surface area (Å²) in [5.41, 5.74) is 1.29. The van der Waals surface area contributed by atoms with Crippen molar-refractivity contribution in [3.63, 3.8) is 0 Å². The SMILES string of the molecule is CN1CC(C(=O)NCCc2cccc3ccccc23)=C(O)C1=O. The van der Waals surface area contributed by atoms with Gasteiger partial charge < -0.3 is 15.3 Å². The average molecular weight is 310 g/mol. The Kier molecular flexibility index (Phi) is 4.02. The first-order valence-electron chi connectivity index (χ1n) is 7.50. The van der Waals surface area contributed by atoms with Crippen molar-refractivity contribution in [1.29, 1.82) is 0 Å². The summed E-state index contributed by atoms with van der Waals surface area (Å²) >= 11 is 0. The van der Waals surface area contributed by atoms with E-state index in [0.717, 1.165) is 5.56 Å². The van der Waals surface area contributed by atoms with E-state index in [-0.39, 0.29) is 18.0 Å². The van der Waals surface area contributed by atoms with Crippen molar-refractivity contribution in [3.05, 3.63) is 59.4 Å². The average Bonchev–Trinajstić information content (AvgIpc) is 2.82. The molecule has 0 saturated carbocycles. The van der Waals surface area contributed by atoms with Gasteiger partial charge in [0.25, 0.3) is 11.8 Å². The standard InChI is InChI=1S/C18H18N2O3/c1-20-11-15(16(21)18(20)23)17(22)19-10-9-13-7-4-6-12-5-2-3-8-14(12)13/h2-8,21H,9-11H2,1H3,(H,19,22). The lowest BCUT2D eigenvalue weighted by Gasteiger charge is -2.09. The van der Waals surface area contributed by atoms with Crippen molar-refractivity contribution in [2.45, 2.75) is 6.42 Å². The zero-order chi connectivity index (χ0) is 16.4. The van der Waals surface area contributed by atoms with Gasteiger partial charge in [-0.1, -0.05) is 42.5 Å². The number of carbonyl (C=O) groups excluding carboxylic acids is 2. The van der Waals surface area contributed by atoms with Gasteiger partial charge in [-0.05, 0) is 22.8 Å². The maximum atomic E-state index is 12.1. The molecular weight excluding hydrogens is 292 g/mol. The summed E-state index contributed by atoms with van der Waals surface area (Å²) in [6.07, 6.45) is 0.685. The zero-order valence-corrected chi connectivity index (χ0v) is 12.9. The van der Waals surface area contributed by atoms with Gasteiger partial charge >= 0.3 is 0 Å². The van der Waals surface area contributed by atoms with Crippen LogP contribution < -0.4 is 5.32 Å². The molecule has 3 rings (SSSR count). The number of amides is 2. The second kappa shape index (κ2) is 6.12. The van der Waals surface area contributed by atoms with Crippen LogP contribution in [0, 0.1) is 0 Å². The van der Waals surface area contributed by atoms with Crippen LogP contribution >= 0.6 is 0 Å². The number of nitrogens with one attached hydrogen (secondary N) is 1. The molecule has 2 N–H and O–H groups in total. The van der Waals surface area contributed by atoms with Crippen molar-refractivity contribution in [1.82, 2.24) is 10.2 Å². The molecule has 0 saturated heterocycles. The van der Waals surface area contributed by atoms with E-state index in [9.17, 15) is 14.7 Å². The molecule has 2 aromatic rings. The highest BCUT2D eigenvalue weighted by atomic mass is 16.3. The second-order valence-electron chi connectivity index (χ2n) is 5.63. The summed E-state index contributed by atoms with van der Waals surface area (Å²) in [5.74, 6) is -1.35. The Bertz CT molecular complexity index is 806. The van der Waals surface area contributed by atoms with Crippen LogP contribution in [0.3, 0.4) is 0 Å². The van der Waals surface area contributed by atoms with E-state index in [0.29, 0.717) is 13.0 Å². The van der Waals surface area contributed by atoms with Gasteiger partial charge in [0.2, 0.25) is 0 Å². The lowest BCUT2D eigenvalue weighted by Crippen LogP contribution is -2.29. The molecule has 1 aliphatic rings. The predicted octanol–water partition coefficient (Wildman–Crippen LogP) is 1.78. The molecule has 2 amide bonds. The predicted molar refractivity (Wildman–Crippen MR) is 88.0 cm³/mol. The van der Waals surface area contributed by atoms with Gasteiger partial charge in [0, 0.05) is 13.6 Å². The molecule has 0 unspecified atom stereocenters. The van der Waals surface area contributed by atoms with Gasteiger partial charge in [-0.2, -0.15) is 0 Å². The maximum absolute atomic E-state index is 12.1. The first kappa shape index (κ1) is 15.1. The monoisotopic (exact) mass is 310 g/mol. The molecule has 5 nitrogen and oxygen atoms in total. The molecule has 0 fully saturated rings. The van der Waals surface area contributed by atoms with Crippen LogP contribution in [-0.4, -0.2) is 42.0 Å². The number of aliphatic hydroxyl groups excluding tert-OH is 1. The van der Waals surface area contributed by atoms with Crippen molar-refractivity contribution in [2.75, 3.05) is 20.1 Å². The van der Waals surface area contributed by atoms with Gasteiger partial charge in [-0.3, -0.25) is 9.59 Å². The van der Waals surface area contributed by atoms with Crippen molar-refractivity contribution >= 4 is 22.6 Å². The quantitative estimate of drug-likeness (QED) is 0.904. The highest BCUT2D eigenvalue weighted by Crippen LogP contribution is 2.19. The Labute approximate surface area is 134 Å². The highest BCUT2D eigenvalue weighted by Gasteiger charge is 2.31. The molecule has 118 valence electrons. The summed E-state index contributed by atoms with van der Waals surface area (Å²) in [6.45, 7) is 0.590. The molecule has 0 aromatic heterocycles. The third kappa shape index (κ3) is 2.90. The molecule has 0 bridgehead atoms. The number of nitrogens with zero attached hydrogens (tertiary/aromatic N) is 1. The van der Waals surface area contributed by atoms with Gasteiger partial charge in [-0.15, -0.1) is 0 Å². The van der Waals surface area contributed by atoms with Crippen LogP contribution in [0.5, 0.6) is 0 Å². The van der Waals surface area contributed by atoms with E-state index in [1.807, 2.05) is 24.3 Å². The number of carbonyl (C=O) groups is 2.